The molecule has 1 aromatic heterocycles. The average Bonchev–Trinajstić information content (AvgIpc) is 2.64. The molecular weight excluding hydrogens is 308 g/mol. The zero-order chi connectivity index (χ0) is 17.2. The van der Waals surface area contributed by atoms with Crippen LogP contribution in [0.3, 0.4) is 0 Å². The molecule has 124 valence electrons. The van der Waals surface area contributed by atoms with Crippen LogP contribution in [0.2, 0.25) is 0 Å². The fraction of sp³-hybridized carbons (Fsp3) is 0.182. The van der Waals surface area contributed by atoms with Crippen molar-refractivity contribution in [1.29, 1.82) is 0 Å². The number of fused-ring (bicyclic) bond motifs is 2. The SMILES string of the molecule is CC(=O)N1Cc2ccc(-c3ccncc3)cc2CCc2ccccc21. The van der Waals surface area contributed by atoms with E-state index < -0.39 is 0 Å². The van der Waals surface area contributed by atoms with Gasteiger partial charge in [0.25, 0.3) is 0 Å². The summed E-state index contributed by atoms with van der Waals surface area (Å²) in [6, 6.07) is 18.8. The Morgan fingerprint density at radius 1 is 0.880 bits per heavy atom. The topological polar surface area (TPSA) is 33.2 Å². The Labute approximate surface area is 148 Å². The predicted octanol–water partition coefficient (Wildman–Crippen LogP) is 4.40. The lowest BCUT2D eigenvalue weighted by molar-refractivity contribution is -0.116. The van der Waals surface area contributed by atoms with Gasteiger partial charge in [-0.25, -0.2) is 0 Å². The third-order valence-electron chi connectivity index (χ3n) is 4.87. The van der Waals surface area contributed by atoms with Crippen LogP contribution in [-0.2, 0) is 24.2 Å². The first kappa shape index (κ1) is 15.6. The summed E-state index contributed by atoms with van der Waals surface area (Å²) in [5, 5.41) is 0. The fourth-order valence-corrected chi connectivity index (χ4v) is 3.53. The zero-order valence-corrected chi connectivity index (χ0v) is 14.3. The van der Waals surface area contributed by atoms with Gasteiger partial charge in [0.15, 0.2) is 0 Å². The lowest BCUT2D eigenvalue weighted by Crippen LogP contribution is -2.30. The second kappa shape index (κ2) is 6.52. The van der Waals surface area contributed by atoms with Crippen molar-refractivity contribution in [3.8, 4) is 11.1 Å². The van der Waals surface area contributed by atoms with E-state index in [1.54, 1.807) is 6.92 Å². The number of rotatable bonds is 1. The van der Waals surface area contributed by atoms with Crippen LogP contribution in [0.5, 0.6) is 0 Å². The van der Waals surface area contributed by atoms with Gasteiger partial charge >= 0.3 is 0 Å². The maximum atomic E-state index is 12.2. The minimum absolute atomic E-state index is 0.0820. The molecule has 2 heterocycles. The maximum absolute atomic E-state index is 12.2. The Morgan fingerprint density at radius 3 is 2.44 bits per heavy atom. The summed E-state index contributed by atoms with van der Waals surface area (Å²) in [6.07, 6.45) is 5.56. The van der Waals surface area contributed by atoms with Crippen molar-refractivity contribution < 1.29 is 4.79 Å². The van der Waals surface area contributed by atoms with Crippen molar-refractivity contribution >= 4 is 11.6 Å². The molecule has 0 spiro atoms. The van der Waals surface area contributed by atoms with E-state index in [9.17, 15) is 4.79 Å². The zero-order valence-electron chi connectivity index (χ0n) is 14.3. The van der Waals surface area contributed by atoms with E-state index in [4.69, 9.17) is 0 Å². The number of carbonyl (C=O) groups is 1. The van der Waals surface area contributed by atoms with Crippen LogP contribution >= 0.6 is 0 Å². The van der Waals surface area contributed by atoms with Crippen LogP contribution in [0.4, 0.5) is 5.69 Å². The van der Waals surface area contributed by atoms with Crippen molar-refractivity contribution in [2.45, 2.75) is 26.3 Å². The predicted molar refractivity (Wildman–Crippen MR) is 100 cm³/mol. The molecule has 0 saturated heterocycles. The average molecular weight is 328 g/mol. The second-order valence-corrected chi connectivity index (χ2v) is 6.45. The van der Waals surface area contributed by atoms with Crippen molar-refractivity contribution in [1.82, 2.24) is 4.98 Å². The molecule has 1 amide bonds. The Kier molecular flexibility index (Phi) is 4.06. The van der Waals surface area contributed by atoms with Crippen molar-refractivity contribution in [2.75, 3.05) is 4.90 Å². The first-order valence-corrected chi connectivity index (χ1v) is 8.60. The van der Waals surface area contributed by atoms with Crippen LogP contribution in [0, 0.1) is 0 Å². The largest absolute Gasteiger partial charge is 0.308 e. The Hall–Kier alpha value is -2.94. The van der Waals surface area contributed by atoms with Crippen LogP contribution in [-0.4, -0.2) is 10.9 Å². The maximum Gasteiger partial charge on any atom is 0.224 e. The molecule has 0 saturated carbocycles. The number of aryl methyl sites for hydroxylation is 2. The van der Waals surface area contributed by atoms with Gasteiger partial charge in [-0.3, -0.25) is 9.78 Å². The van der Waals surface area contributed by atoms with Crippen molar-refractivity contribution in [3.05, 3.63) is 83.7 Å². The normalized spacial score (nSPS) is 13.4. The second-order valence-electron chi connectivity index (χ2n) is 6.45. The summed E-state index contributed by atoms with van der Waals surface area (Å²) >= 11 is 0. The molecular formula is C22H20N2O. The van der Waals surface area contributed by atoms with Crippen LogP contribution in [0.1, 0.15) is 23.6 Å². The van der Waals surface area contributed by atoms with Crippen molar-refractivity contribution in [3.63, 3.8) is 0 Å². The van der Waals surface area contributed by atoms with Crippen molar-refractivity contribution in [2.24, 2.45) is 0 Å². The molecule has 0 atom stereocenters. The van der Waals surface area contributed by atoms with Gasteiger partial charge in [0, 0.05) is 25.0 Å². The molecule has 4 rings (SSSR count). The van der Waals surface area contributed by atoms with Gasteiger partial charge in [0.05, 0.1) is 6.54 Å². The molecule has 3 heteroatoms. The van der Waals surface area contributed by atoms with E-state index in [0.29, 0.717) is 6.54 Å². The summed E-state index contributed by atoms with van der Waals surface area (Å²) in [4.78, 5) is 18.2. The molecule has 2 aromatic carbocycles. The minimum atomic E-state index is 0.0820. The lowest BCUT2D eigenvalue weighted by Gasteiger charge is -2.28. The Balaban J connectivity index is 1.76. The molecule has 0 bridgehead atoms. The fourth-order valence-electron chi connectivity index (χ4n) is 3.53. The van der Waals surface area contributed by atoms with E-state index in [0.717, 1.165) is 18.5 Å². The third-order valence-corrected chi connectivity index (χ3v) is 4.87. The summed E-state index contributed by atoms with van der Waals surface area (Å²) < 4.78 is 0. The number of anilines is 1. The number of benzene rings is 2. The first-order chi connectivity index (χ1) is 12.2. The van der Waals surface area contributed by atoms with Gasteiger partial charge in [-0.1, -0.05) is 36.4 Å². The standard InChI is InChI=1S/C22H20N2O/c1-16(25)24-15-21-9-8-19(17-10-12-23-13-11-17)14-20(21)7-6-18-4-2-3-5-22(18)24/h2-5,8-14H,6-7,15H2,1H3. The monoisotopic (exact) mass is 328 g/mol. The molecule has 1 aliphatic rings. The molecule has 3 aromatic rings. The van der Waals surface area contributed by atoms with Crippen LogP contribution < -0.4 is 4.90 Å². The van der Waals surface area contributed by atoms with Gasteiger partial charge in [-0.05, 0) is 58.9 Å². The van der Waals surface area contributed by atoms with Gasteiger partial charge in [-0.15, -0.1) is 0 Å². The summed E-state index contributed by atoms with van der Waals surface area (Å²) in [6.45, 7) is 2.27. The first-order valence-electron chi connectivity index (χ1n) is 8.60. The highest BCUT2D eigenvalue weighted by Gasteiger charge is 2.20. The highest BCUT2D eigenvalue weighted by Crippen LogP contribution is 2.30. The lowest BCUT2D eigenvalue weighted by atomic mass is 9.92. The number of carbonyl (C=O) groups excluding carboxylic acids is 1. The summed E-state index contributed by atoms with van der Waals surface area (Å²) in [7, 11) is 0. The highest BCUT2D eigenvalue weighted by molar-refractivity contribution is 5.92. The van der Waals surface area contributed by atoms with Gasteiger partial charge in [-0.2, -0.15) is 0 Å². The number of aromatic nitrogens is 1. The van der Waals surface area contributed by atoms with E-state index in [1.165, 1.54) is 27.8 Å². The molecule has 25 heavy (non-hydrogen) atoms. The number of hydrogen-bond donors (Lipinski definition) is 0. The molecule has 0 radical (unpaired) electrons. The molecule has 0 N–H and O–H groups in total. The van der Waals surface area contributed by atoms with Crippen LogP contribution in [0.15, 0.2) is 67.0 Å². The number of para-hydroxylation sites is 1. The molecule has 0 unspecified atom stereocenters. The number of pyridine rings is 1. The van der Waals surface area contributed by atoms with E-state index in [-0.39, 0.29) is 5.91 Å². The number of nitrogens with zero attached hydrogens (tertiary/aromatic N) is 2. The molecule has 1 aliphatic heterocycles. The quantitative estimate of drug-likeness (QED) is 0.663. The smallest absolute Gasteiger partial charge is 0.224 e. The molecule has 0 aliphatic carbocycles. The van der Waals surface area contributed by atoms with E-state index in [2.05, 4.69) is 29.2 Å². The van der Waals surface area contributed by atoms with Gasteiger partial charge in [0.1, 0.15) is 0 Å². The Morgan fingerprint density at radius 2 is 1.64 bits per heavy atom. The summed E-state index contributed by atoms with van der Waals surface area (Å²) in [5.41, 5.74) is 7.18. The number of hydrogen-bond acceptors (Lipinski definition) is 2. The molecule has 3 nitrogen and oxygen atoms in total. The minimum Gasteiger partial charge on any atom is -0.308 e. The third kappa shape index (κ3) is 3.05. The number of amides is 1. The Bertz CT molecular complexity index is 918. The highest BCUT2D eigenvalue weighted by atomic mass is 16.2. The molecule has 0 fully saturated rings. The summed E-state index contributed by atoms with van der Waals surface area (Å²) in [5.74, 6) is 0.0820. The van der Waals surface area contributed by atoms with Gasteiger partial charge in [0.2, 0.25) is 5.91 Å². The van der Waals surface area contributed by atoms with E-state index >= 15 is 0 Å². The van der Waals surface area contributed by atoms with Gasteiger partial charge < -0.3 is 4.90 Å². The van der Waals surface area contributed by atoms with Crippen LogP contribution in [0.25, 0.3) is 11.1 Å². The van der Waals surface area contributed by atoms with E-state index in [1.807, 2.05) is 47.6 Å².